The smallest absolute Gasteiger partial charge is 0.258 e. The first-order valence-corrected chi connectivity index (χ1v) is 6.46. The fourth-order valence-corrected chi connectivity index (χ4v) is 1.67. The first-order chi connectivity index (χ1) is 9.70. The number of rotatable bonds is 5. The van der Waals surface area contributed by atoms with Crippen LogP contribution in [0.4, 0.5) is 15.9 Å². The summed E-state index contributed by atoms with van der Waals surface area (Å²) >= 11 is 0. The molecule has 0 aliphatic heterocycles. The molecular formula is C15H16FN3O. The quantitative estimate of drug-likeness (QED) is 0.879. The van der Waals surface area contributed by atoms with Gasteiger partial charge >= 0.3 is 0 Å². The van der Waals surface area contributed by atoms with Crippen molar-refractivity contribution in [3.8, 4) is 0 Å². The van der Waals surface area contributed by atoms with Crippen molar-refractivity contribution in [1.82, 2.24) is 4.98 Å². The van der Waals surface area contributed by atoms with Gasteiger partial charge in [0.15, 0.2) is 0 Å². The van der Waals surface area contributed by atoms with Crippen molar-refractivity contribution in [2.45, 2.75) is 13.3 Å². The molecule has 5 heteroatoms. The second kappa shape index (κ2) is 6.65. The Labute approximate surface area is 117 Å². The Morgan fingerprint density at radius 1 is 1.25 bits per heavy atom. The van der Waals surface area contributed by atoms with Crippen molar-refractivity contribution in [3.63, 3.8) is 0 Å². The molecule has 0 bridgehead atoms. The third-order valence-electron chi connectivity index (χ3n) is 2.70. The molecule has 104 valence electrons. The summed E-state index contributed by atoms with van der Waals surface area (Å²) in [6.45, 7) is 2.91. The topological polar surface area (TPSA) is 54.0 Å². The van der Waals surface area contributed by atoms with Crippen LogP contribution in [0.15, 0.2) is 42.6 Å². The van der Waals surface area contributed by atoms with Gasteiger partial charge in [0.2, 0.25) is 0 Å². The van der Waals surface area contributed by atoms with Crippen molar-refractivity contribution in [3.05, 3.63) is 54.0 Å². The minimum absolute atomic E-state index is 0.0145. The minimum Gasteiger partial charge on any atom is -0.370 e. The highest BCUT2D eigenvalue weighted by atomic mass is 19.1. The molecule has 0 radical (unpaired) electrons. The Morgan fingerprint density at radius 2 is 2.05 bits per heavy atom. The zero-order chi connectivity index (χ0) is 14.4. The summed E-state index contributed by atoms with van der Waals surface area (Å²) in [6.07, 6.45) is 2.55. The Balaban J connectivity index is 2.03. The lowest BCUT2D eigenvalue weighted by molar-refractivity contribution is 0.102. The number of hydrogen-bond acceptors (Lipinski definition) is 3. The highest BCUT2D eigenvalue weighted by Gasteiger charge is 2.10. The first kappa shape index (κ1) is 14.0. The molecule has 2 rings (SSSR count). The molecule has 0 spiro atoms. The molecule has 0 saturated carbocycles. The molecule has 1 heterocycles. The van der Waals surface area contributed by atoms with Gasteiger partial charge in [-0.25, -0.2) is 9.37 Å². The number of nitrogens with zero attached hydrogens (tertiary/aromatic N) is 1. The fraction of sp³-hybridized carbons (Fsp3) is 0.200. The number of halogens is 1. The lowest BCUT2D eigenvalue weighted by Crippen LogP contribution is -2.14. The van der Waals surface area contributed by atoms with Gasteiger partial charge in [-0.1, -0.05) is 19.1 Å². The monoisotopic (exact) mass is 273 g/mol. The standard InChI is InChI=1S/C15H16FN3O/c1-2-9-17-14-8-7-11(10-18-14)19-15(20)12-5-3-4-6-13(12)16/h3-8,10H,2,9H2,1H3,(H,17,18)(H,19,20). The average Bonchev–Trinajstić information content (AvgIpc) is 2.47. The molecule has 0 saturated heterocycles. The van der Waals surface area contributed by atoms with E-state index in [-0.39, 0.29) is 5.56 Å². The van der Waals surface area contributed by atoms with E-state index in [0.29, 0.717) is 5.69 Å². The number of aromatic nitrogens is 1. The van der Waals surface area contributed by atoms with Crippen LogP contribution < -0.4 is 10.6 Å². The van der Waals surface area contributed by atoms with Crippen LogP contribution in [0.1, 0.15) is 23.7 Å². The van der Waals surface area contributed by atoms with Crippen molar-refractivity contribution >= 4 is 17.4 Å². The number of benzene rings is 1. The second-order valence-corrected chi connectivity index (χ2v) is 4.29. The Morgan fingerprint density at radius 3 is 2.70 bits per heavy atom. The average molecular weight is 273 g/mol. The molecule has 0 aliphatic rings. The molecular weight excluding hydrogens is 257 g/mol. The molecule has 1 aromatic heterocycles. The molecule has 0 unspecified atom stereocenters. The molecule has 0 atom stereocenters. The van der Waals surface area contributed by atoms with Gasteiger partial charge in [0.1, 0.15) is 11.6 Å². The second-order valence-electron chi connectivity index (χ2n) is 4.29. The molecule has 0 fully saturated rings. The van der Waals surface area contributed by atoms with E-state index in [2.05, 4.69) is 22.5 Å². The number of nitrogens with one attached hydrogen (secondary N) is 2. The van der Waals surface area contributed by atoms with E-state index < -0.39 is 11.7 Å². The lowest BCUT2D eigenvalue weighted by atomic mass is 10.2. The summed E-state index contributed by atoms with van der Waals surface area (Å²) in [4.78, 5) is 16.1. The van der Waals surface area contributed by atoms with Crippen LogP contribution in [0.5, 0.6) is 0 Å². The van der Waals surface area contributed by atoms with E-state index in [4.69, 9.17) is 0 Å². The van der Waals surface area contributed by atoms with Crippen LogP contribution >= 0.6 is 0 Å². The maximum Gasteiger partial charge on any atom is 0.258 e. The van der Waals surface area contributed by atoms with E-state index in [0.717, 1.165) is 18.8 Å². The van der Waals surface area contributed by atoms with Gasteiger partial charge in [-0.2, -0.15) is 0 Å². The highest BCUT2D eigenvalue weighted by Crippen LogP contribution is 2.13. The van der Waals surface area contributed by atoms with Gasteiger partial charge in [0.05, 0.1) is 17.4 Å². The number of hydrogen-bond donors (Lipinski definition) is 2. The van der Waals surface area contributed by atoms with E-state index in [1.54, 1.807) is 24.3 Å². The predicted molar refractivity (Wildman–Crippen MR) is 77.4 cm³/mol. The lowest BCUT2D eigenvalue weighted by Gasteiger charge is -2.07. The summed E-state index contributed by atoms with van der Waals surface area (Å²) in [5.74, 6) is -0.283. The summed E-state index contributed by atoms with van der Waals surface area (Å²) in [5, 5.41) is 5.74. The van der Waals surface area contributed by atoms with E-state index >= 15 is 0 Å². The molecule has 1 amide bonds. The van der Waals surface area contributed by atoms with Crippen LogP contribution in [-0.2, 0) is 0 Å². The highest BCUT2D eigenvalue weighted by molar-refractivity contribution is 6.04. The van der Waals surface area contributed by atoms with Gasteiger partial charge in [-0.05, 0) is 30.7 Å². The fourth-order valence-electron chi connectivity index (χ4n) is 1.67. The molecule has 0 aliphatic carbocycles. The number of pyridine rings is 1. The third kappa shape index (κ3) is 3.54. The van der Waals surface area contributed by atoms with E-state index in [9.17, 15) is 9.18 Å². The van der Waals surface area contributed by atoms with Crippen molar-refractivity contribution in [1.29, 1.82) is 0 Å². The molecule has 1 aromatic carbocycles. The molecule has 4 nitrogen and oxygen atoms in total. The van der Waals surface area contributed by atoms with E-state index in [1.165, 1.54) is 18.3 Å². The summed E-state index contributed by atoms with van der Waals surface area (Å²) < 4.78 is 13.5. The first-order valence-electron chi connectivity index (χ1n) is 6.46. The number of carbonyl (C=O) groups excluding carboxylic acids is 1. The summed E-state index contributed by atoms with van der Waals surface area (Å²) in [7, 11) is 0. The van der Waals surface area contributed by atoms with E-state index in [1.807, 2.05) is 0 Å². The zero-order valence-corrected chi connectivity index (χ0v) is 11.2. The van der Waals surface area contributed by atoms with Crippen LogP contribution in [0.3, 0.4) is 0 Å². The molecule has 2 aromatic rings. The molecule has 2 N–H and O–H groups in total. The zero-order valence-electron chi connectivity index (χ0n) is 11.2. The normalized spacial score (nSPS) is 10.1. The van der Waals surface area contributed by atoms with Crippen molar-refractivity contribution in [2.24, 2.45) is 0 Å². The number of amides is 1. The van der Waals surface area contributed by atoms with Crippen LogP contribution in [0.2, 0.25) is 0 Å². The van der Waals surface area contributed by atoms with Gasteiger partial charge in [-0.3, -0.25) is 4.79 Å². The summed E-state index contributed by atoms with van der Waals surface area (Å²) in [6, 6.07) is 9.35. The largest absolute Gasteiger partial charge is 0.370 e. The minimum atomic E-state index is -0.542. The number of anilines is 2. The third-order valence-corrected chi connectivity index (χ3v) is 2.70. The van der Waals surface area contributed by atoms with Gasteiger partial charge in [0, 0.05) is 6.54 Å². The maximum absolute atomic E-state index is 13.5. The Bertz CT molecular complexity index is 584. The van der Waals surface area contributed by atoms with Crippen LogP contribution in [0.25, 0.3) is 0 Å². The SMILES string of the molecule is CCCNc1ccc(NC(=O)c2ccccc2F)cn1. The maximum atomic E-state index is 13.5. The van der Waals surface area contributed by atoms with Crippen molar-refractivity contribution in [2.75, 3.05) is 17.2 Å². The number of carbonyl (C=O) groups is 1. The predicted octanol–water partition coefficient (Wildman–Crippen LogP) is 3.29. The van der Waals surface area contributed by atoms with Gasteiger partial charge < -0.3 is 10.6 Å². The molecule has 20 heavy (non-hydrogen) atoms. The van der Waals surface area contributed by atoms with Crippen LogP contribution in [0, 0.1) is 5.82 Å². The Hall–Kier alpha value is -2.43. The summed E-state index contributed by atoms with van der Waals surface area (Å²) in [5.41, 5.74) is 0.543. The van der Waals surface area contributed by atoms with Crippen molar-refractivity contribution < 1.29 is 9.18 Å². The van der Waals surface area contributed by atoms with Gasteiger partial charge in [-0.15, -0.1) is 0 Å². The van der Waals surface area contributed by atoms with Crippen LogP contribution in [-0.4, -0.2) is 17.4 Å². The van der Waals surface area contributed by atoms with Gasteiger partial charge in [0.25, 0.3) is 5.91 Å². The Kier molecular flexibility index (Phi) is 4.65.